The number of hydrogen-bond donors (Lipinski definition) is 0. The van der Waals surface area contributed by atoms with Gasteiger partial charge in [0.1, 0.15) is 13.8 Å². The van der Waals surface area contributed by atoms with Crippen LogP contribution in [0.4, 0.5) is 0 Å². The van der Waals surface area contributed by atoms with Crippen molar-refractivity contribution in [1.29, 1.82) is 0 Å². The SMILES string of the molecule is Cc1cccc2ccnc(C#C[Si](C)(C)C)c12. The van der Waals surface area contributed by atoms with Gasteiger partial charge in [-0.05, 0) is 23.9 Å². The van der Waals surface area contributed by atoms with E-state index in [0.717, 1.165) is 5.69 Å². The quantitative estimate of drug-likeness (QED) is 0.504. The van der Waals surface area contributed by atoms with Crippen LogP contribution in [-0.4, -0.2) is 13.1 Å². The Morgan fingerprint density at radius 2 is 1.88 bits per heavy atom. The lowest BCUT2D eigenvalue weighted by Crippen LogP contribution is -2.16. The Kier molecular flexibility index (Phi) is 3.04. The minimum absolute atomic E-state index is 0.919. The first-order valence-corrected chi connectivity index (χ1v) is 9.35. The van der Waals surface area contributed by atoms with Gasteiger partial charge < -0.3 is 0 Å². The summed E-state index contributed by atoms with van der Waals surface area (Å²) < 4.78 is 0. The predicted molar refractivity (Wildman–Crippen MR) is 76.7 cm³/mol. The molecule has 0 amide bonds. The molecule has 0 atom stereocenters. The van der Waals surface area contributed by atoms with Gasteiger partial charge in [0, 0.05) is 11.6 Å². The molecule has 0 aliphatic carbocycles. The van der Waals surface area contributed by atoms with Crippen molar-refractivity contribution in [2.24, 2.45) is 0 Å². The second-order valence-electron chi connectivity index (χ2n) is 5.33. The van der Waals surface area contributed by atoms with Crippen molar-refractivity contribution in [1.82, 2.24) is 4.98 Å². The Hall–Kier alpha value is -1.59. The molecular weight excluding hydrogens is 222 g/mol. The van der Waals surface area contributed by atoms with Crippen LogP contribution >= 0.6 is 0 Å². The number of hydrogen-bond acceptors (Lipinski definition) is 1. The fourth-order valence-electron chi connectivity index (χ4n) is 1.75. The molecule has 0 unspecified atom stereocenters. The third-order valence-electron chi connectivity index (χ3n) is 2.56. The molecule has 1 aromatic carbocycles. The molecule has 86 valence electrons. The monoisotopic (exact) mass is 239 g/mol. The summed E-state index contributed by atoms with van der Waals surface area (Å²) in [4.78, 5) is 4.42. The highest BCUT2D eigenvalue weighted by atomic mass is 28.3. The third kappa shape index (κ3) is 2.75. The Balaban J connectivity index is 2.65. The van der Waals surface area contributed by atoms with Gasteiger partial charge >= 0.3 is 0 Å². The number of benzene rings is 1. The first-order valence-electron chi connectivity index (χ1n) is 5.85. The molecule has 2 heteroatoms. The lowest BCUT2D eigenvalue weighted by atomic mass is 10.1. The molecule has 0 saturated carbocycles. The Labute approximate surface area is 104 Å². The molecule has 0 aliphatic rings. The molecular formula is C15H17NSi. The molecule has 0 aliphatic heterocycles. The van der Waals surface area contributed by atoms with Gasteiger partial charge in [0.2, 0.25) is 0 Å². The summed E-state index contributed by atoms with van der Waals surface area (Å²) in [6, 6.07) is 8.35. The smallest absolute Gasteiger partial charge is 0.129 e. The molecule has 1 nitrogen and oxygen atoms in total. The first-order chi connectivity index (χ1) is 7.97. The van der Waals surface area contributed by atoms with Crippen LogP contribution in [0, 0.1) is 18.4 Å². The zero-order chi connectivity index (χ0) is 12.5. The largest absolute Gasteiger partial charge is 0.247 e. The highest BCUT2D eigenvalue weighted by molar-refractivity contribution is 6.83. The molecule has 0 fully saturated rings. The van der Waals surface area contributed by atoms with Crippen molar-refractivity contribution in [3.05, 3.63) is 41.7 Å². The van der Waals surface area contributed by atoms with E-state index < -0.39 is 8.07 Å². The topological polar surface area (TPSA) is 12.9 Å². The summed E-state index contributed by atoms with van der Waals surface area (Å²) in [5, 5.41) is 2.42. The second-order valence-corrected chi connectivity index (χ2v) is 10.1. The highest BCUT2D eigenvalue weighted by Gasteiger charge is 2.08. The van der Waals surface area contributed by atoms with Crippen LogP contribution in [0.15, 0.2) is 30.5 Å². The van der Waals surface area contributed by atoms with Gasteiger partial charge in [0.25, 0.3) is 0 Å². The number of rotatable bonds is 0. The molecule has 2 rings (SSSR count). The molecule has 2 aromatic rings. The fraction of sp³-hybridized carbons (Fsp3) is 0.267. The van der Waals surface area contributed by atoms with Gasteiger partial charge in [0.05, 0.1) is 0 Å². The summed E-state index contributed by atoms with van der Waals surface area (Å²) in [6.45, 7) is 8.86. The second kappa shape index (κ2) is 4.35. The van der Waals surface area contributed by atoms with Crippen LogP contribution in [0.1, 0.15) is 11.3 Å². The van der Waals surface area contributed by atoms with Gasteiger partial charge in [-0.1, -0.05) is 43.8 Å². The van der Waals surface area contributed by atoms with Crippen LogP contribution in [0.2, 0.25) is 19.6 Å². The Morgan fingerprint density at radius 3 is 2.59 bits per heavy atom. The van der Waals surface area contributed by atoms with Crippen molar-refractivity contribution in [2.75, 3.05) is 0 Å². The summed E-state index contributed by atoms with van der Waals surface area (Å²) >= 11 is 0. The van der Waals surface area contributed by atoms with E-state index in [2.05, 4.69) is 61.2 Å². The van der Waals surface area contributed by atoms with Crippen molar-refractivity contribution < 1.29 is 0 Å². The van der Waals surface area contributed by atoms with E-state index in [1.165, 1.54) is 16.3 Å². The van der Waals surface area contributed by atoms with E-state index in [4.69, 9.17) is 0 Å². The normalized spacial score (nSPS) is 11.1. The van der Waals surface area contributed by atoms with Gasteiger partial charge in [0.15, 0.2) is 0 Å². The first kappa shape index (κ1) is 11.9. The lowest BCUT2D eigenvalue weighted by molar-refractivity contribution is 1.31. The van der Waals surface area contributed by atoms with E-state index in [1.54, 1.807) is 0 Å². The van der Waals surface area contributed by atoms with Crippen molar-refractivity contribution >= 4 is 18.8 Å². The average molecular weight is 239 g/mol. The minimum Gasteiger partial charge on any atom is -0.247 e. The molecule has 1 aromatic heterocycles. The molecule has 0 radical (unpaired) electrons. The van der Waals surface area contributed by atoms with Crippen LogP contribution in [0.3, 0.4) is 0 Å². The minimum atomic E-state index is -1.35. The van der Waals surface area contributed by atoms with Gasteiger partial charge in [-0.15, -0.1) is 5.54 Å². The summed E-state index contributed by atoms with van der Waals surface area (Å²) in [5.41, 5.74) is 5.55. The summed E-state index contributed by atoms with van der Waals surface area (Å²) in [7, 11) is -1.35. The number of fused-ring (bicyclic) bond motifs is 1. The maximum atomic E-state index is 4.42. The van der Waals surface area contributed by atoms with E-state index in [9.17, 15) is 0 Å². The fourth-order valence-corrected chi connectivity index (χ4v) is 2.24. The Morgan fingerprint density at radius 1 is 1.12 bits per heavy atom. The van der Waals surface area contributed by atoms with Gasteiger partial charge in [-0.2, -0.15) is 0 Å². The van der Waals surface area contributed by atoms with Crippen molar-refractivity contribution in [3.63, 3.8) is 0 Å². The predicted octanol–water partition coefficient (Wildman–Crippen LogP) is 3.77. The van der Waals surface area contributed by atoms with Crippen LogP contribution in [0.5, 0.6) is 0 Å². The maximum Gasteiger partial charge on any atom is 0.129 e. The van der Waals surface area contributed by atoms with E-state index in [1.807, 2.05) is 12.3 Å². The molecule has 0 saturated heterocycles. The average Bonchev–Trinajstić information content (AvgIpc) is 2.25. The van der Waals surface area contributed by atoms with Crippen LogP contribution in [0.25, 0.3) is 10.8 Å². The molecule has 1 heterocycles. The number of aryl methyl sites for hydroxylation is 1. The van der Waals surface area contributed by atoms with Crippen LogP contribution in [-0.2, 0) is 0 Å². The van der Waals surface area contributed by atoms with E-state index in [-0.39, 0.29) is 0 Å². The maximum absolute atomic E-state index is 4.42. The van der Waals surface area contributed by atoms with Gasteiger partial charge in [-0.25, -0.2) is 4.98 Å². The van der Waals surface area contributed by atoms with E-state index >= 15 is 0 Å². The highest BCUT2D eigenvalue weighted by Crippen LogP contribution is 2.20. The molecule has 17 heavy (non-hydrogen) atoms. The number of aromatic nitrogens is 1. The van der Waals surface area contributed by atoms with Crippen molar-refractivity contribution in [3.8, 4) is 11.5 Å². The third-order valence-corrected chi connectivity index (χ3v) is 3.43. The molecule has 0 bridgehead atoms. The lowest BCUT2D eigenvalue weighted by Gasteiger charge is -2.05. The van der Waals surface area contributed by atoms with E-state index in [0.29, 0.717) is 0 Å². The molecule has 0 spiro atoms. The van der Waals surface area contributed by atoms with Gasteiger partial charge in [-0.3, -0.25) is 0 Å². The summed E-state index contributed by atoms with van der Waals surface area (Å²) in [6.07, 6.45) is 1.84. The molecule has 0 N–H and O–H groups in total. The number of nitrogens with zero attached hydrogens (tertiary/aromatic N) is 1. The number of pyridine rings is 1. The zero-order valence-corrected chi connectivity index (χ0v) is 11.8. The van der Waals surface area contributed by atoms with Crippen molar-refractivity contribution in [2.45, 2.75) is 26.6 Å². The Bertz CT molecular complexity index is 607. The van der Waals surface area contributed by atoms with Crippen LogP contribution < -0.4 is 0 Å². The zero-order valence-electron chi connectivity index (χ0n) is 10.8. The summed E-state index contributed by atoms with van der Waals surface area (Å²) in [5.74, 6) is 3.27. The standard InChI is InChI=1S/C15H17NSi/c1-12-6-5-7-13-8-10-16-14(15(12)13)9-11-17(2,3)4/h5-8,10H,1-4H3.